The summed E-state index contributed by atoms with van der Waals surface area (Å²) >= 11 is 1.78. The molecule has 1 N–H and O–H groups in total. The minimum absolute atomic E-state index is 0.381. The van der Waals surface area contributed by atoms with Crippen LogP contribution in [0.3, 0.4) is 0 Å². The summed E-state index contributed by atoms with van der Waals surface area (Å²) in [6, 6.07) is 7.48. The lowest BCUT2D eigenvalue weighted by molar-refractivity contribution is 0.476. The summed E-state index contributed by atoms with van der Waals surface area (Å²) in [5, 5.41) is 9.52. The van der Waals surface area contributed by atoms with Crippen molar-refractivity contribution in [1.82, 2.24) is 0 Å². The van der Waals surface area contributed by atoms with E-state index in [9.17, 15) is 5.11 Å². The highest BCUT2D eigenvalue weighted by molar-refractivity contribution is 8.00. The standard InChI is InChI=1S/C9H11NOS/c11-9-5-2-1-4-8(9)10-6-3-7-12-10/h1-2,4-5,11H,3,6-7H2. The van der Waals surface area contributed by atoms with Gasteiger partial charge in [0.2, 0.25) is 0 Å². The van der Waals surface area contributed by atoms with E-state index >= 15 is 0 Å². The lowest BCUT2D eigenvalue weighted by atomic mass is 10.3. The van der Waals surface area contributed by atoms with Gasteiger partial charge in [-0.25, -0.2) is 0 Å². The number of rotatable bonds is 1. The van der Waals surface area contributed by atoms with Gasteiger partial charge in [-0.05, 0) is 30.5 Å². The summed E-state index contributed by atoms with van der Waals surface area (Å²) in [6.45, 7) is 1.04. The molecule has 3 heteroatoms. The van der Waals surface area contributed by atoms with Crippen LogP contribution >= 0.6 is 11.9 Å². The molecule has 1 fully saturated rings. The van der Waals surface area contributed by atoms with E-state index in [1.54, 1.807) is 18.0 Å². The van der Waals surface area contributed by atoms with Gasteiger partial charge >= 0.3 is 0 Å². The van der Waals surface area contributed by atoms with Crippen molar-refractivity contribution in [2.24, 2.45) is 0 Å². The van der Waals surface area contributed by atoms with Crippen molar-refractivity contribution in [3.05, 3.63) is 24.3 Å². The molecule has 1 aromatic carbocycles. The Morgan fingerprint density at radius 3 is 2.83 bits per heavy atom. The molecular formula is C9H11NOS. The van der Waals surface area contributed by atoms with Gasteiger partial charge in [-0.15, -0.1) is 0 Å². The molecule has 2 nitrogen and oxygen atoms in total. The maximum absolute atomic E-state index is 9.52. The van der Waals surface area contributed by atoms with Crippen molar-refractivity contribution in [2.75, 3.05) is 16.6 Å². The molecule has 12 heavy (non-hydrogen) atoms. The quantitative estimate of drug-likeness (QED) is 0.672. The van der Waals surface area contributed by atoms with Crippen molar-refractivity contribution in [3.8, 4) is 5.75 Å². The van der Waals surface area contributed by atoms with Gasteiger partial charge in [0, 0.05) is 12.3 Å². The molecule has 0 radical (unpaired) electrons. The van der Waals surface area contributed by atoms with Gasteiger partial charge in [0.15, 0.2) is 0 Å². The molecule has 1 aliphatic heterocycles. The number of aromatic hydroxyl groups is 1. The summed E-state index contributed by atoms with van der Waals surface area (Å²) in [5.41, 5.74) is 0.944. The zero-order valence-electron chi connectivity index (χ0n) is 6.73. The molecule has 0 saturated carbocycles. The zero-order valence-corrected chi connectivity index (χ0v) is 7.55. The molecule has 0 spiro atoms. The number of phenolic OH excluding ortho intramolecular Hbond substituents is 1. The second-order valence-electron chi connectivity index (χ2n) is 2.78. The highest BCUT2D eigenvalue weighted by atomic mass is 32.2. The summed E-state index contributed by atoms with van der Waals surface area (Å²) < 4.78 is 2.15. The molecule has 0 amide bonds. The van der Waals surface area contributed by atoms with Gasteiger partial charge in [0.1, 0.15) is 5.75 Å². The average molecular weight is 181 g/mol. The fraction of sp³-hybridized carbons (Fsp3) is 0.333. The minimum atomic E-state index is 0.381. The van der Waals surface area contributed by atoms with Crippen LogP contribution in [0.4, 0.5) is 5.69 Å². The maximum Gasteiger partial charge on any atom is 0.139 e. The fourth-order valence-electron chi connectivity index (χ4n) is 1.31. The van der Waals surface area contributed by atoms with Crippen LogP contribution in [0.1, 0.15) is 6.42 Å². The maximum atomic E-state index is 9.52. The minimum Gasteiger partial charge on any atom is -0.506 e. The van der Waals surface area contributed by atoms with Gasteiger partial charge in [-0.1, -0.05) is 12.1 Å². The molecule has 1 heterocycles. The second-order valence-corrected chi connectivity index (χ2v) is 3.88. The third kappa shape index (κ3) is 1.37. The van der Waals surface area contributed by atoms with Crippen LogP contribution in [0, 0.1) is 0 Å². The first-order valence-electron chi connectivity index (χ1n) is 4.06. The first-order chi connectivity index (χ1) is 5.88. The Labute approximate surface area is 76.3 Å². The van der Waals surface area contributed by atoms with E-state index < -0.39 is 0 Å². The molecule has 0 bridgehead atoms. The molecule has 1 aliphatic rings. The van der Waals surface area contributed by atoms with Gasteiger partial charge < -0.3 is 9.41 Å². The number of phenols is 1. The number of hydrogen-bond donors (Lipinski definition) is 1. The normalized spacial score (nSPS) is 16.8. The third-order valence-electron chi connectivity index (χ3n) is 1.90. The van der Waals surface area contributed by atoms with Gasteiger partial charge in [-0.2, -0.15) is 0 Å². The van der Waals surface area contributed by atoms with Crippen LogP contribution < -0.4 is 4.31 Å². The van der Waals surface area contributed by atoms with E-state index in [0.717, 1.165) is 18.0 Å². The highest BCUT2D eigenvalue weighted by Crippen LogP contribution is 2.34. The monoisotopic (exact) mass is 181 g/mol. The van der Waals surface area contributed by atoms with Crippen LogP contribution in [-0.4, -0.2) is 17.4 Å². The smallest absolute Gasteiger partial charge is 0.139 e. The van der Waals surface area contributed by atoms with Gasteiger partial charge in [0.05, 0.1) is 5.69 Å². The summed E-state index contributed by atoms with van der Waals surface area (Å²) in [6.07, 6.45) is 1.21. The summed E-state index contributed by atoms with van der Waals surface area (Å²) in [7, 11) is 0. The molecule has 1 aromatic rings. The predicted molar refractivity (Wildman–Crippen MR) is 52.5 cm³/mol. The number of anilines is 1. The summed E-state index contributed by atoms with van der Waals surface area (Å²) in [4.78, 5) is 0. The van der Waals surface area contributed by atoms with E-state index in [1.807, 2.05) is 18.2 Å². The Morgan fingerprint density at radius 1 is 1.33 bits per heavy atom. The lowest BCUT2D eigenvalue weighted by Gasteiger charge is -2.16. The zero-order chi connectivity index (χ0) is 8.39. The van der Waals surface area contributed by atoms with Crippen molar-refractivity contribution >= 4 is 17.6 Å². The Balaban J connectivity index is 2.26. The molecule has 0 aliphatic carbocycles. The fourth-order valence-corrected chi connectivity index (χ4v) is 2.34. The molecule has 0 unspecified atom stereocenters. The van der Waals surface area contributed by atoms with E-state index in [2.05, 4.69) is 4.31 Å². The van der Waals surface area contributed by atoms with Crippen molar-refractivity contribution < 1.29 is 5.11 Å². The second kappa shape index (κ2) is 3.27. The van der Waals surface area contributed by atoms with E-state index in [1.165, 1.54) is 6.42 Å². The van der Waals surface area contributed by atoms with Crippen LogP contribution in [-0.2, 0) is 0 Å². The number of nitrogens with zero attached hydrogens (tertiary/aromatic N) is 1. The van der Waals surface area contributed by atoms with Crippen LogP contribution in [0.15, 0.2) is 24.3 Å². The highest BCUT2D eigenvalue weighted by Gasteiger charge is 2.15. The predicted octanol–water partition coefficient (Wildman–Crippen LogP) is 2.25. The molecule has 1 saturated heterocycles. The first-order valence-corrected chi connectivity index (χ1v) is 5.00. The number of para-hydroxylation sites is 2. The Kier molecular flexibility index (Phi) is 2.13. The van der Waals surface area contributed by atoms with E-state index in [4.69, 9.17) is 0 Å². The molecule has 64 valence electrons. The molecule has 0 aromatic heterocycles. The van der Waals surface area contributed by atoms with Gasteiger partial charge in [0.25, 0.3) is 0 Å². The SMILES string of the molecule is Oc1ccccc1N1CCCS1. The number of benzene rings is 1. The first kappa shape index (κ1) is 7.80. The Morgan fingerprint density at radius 2 is 2.17 bits per heavy atom. The Hall–Kier alpha value is -0.830. The third-order valence-corrected chi connectivity index (χ3v) is 3.07. The summed E-state index contributed by atoms with van der Waals surface area (Å²) in [5.74, 6) is 1.54. The van der Waals surface area contributed by atoms with E-state index in [-0.39, 0.29) is 0 Å². The Bertz CT molecular complexity index is 271. The van der Waals surface area contributed by atoms with E-state index in [0.29, 0.717) is 5.75 Å². The topological polar surface area (TPSA) is 23.5 Å². The van der Waals surface area contributed by atoms with Crippen molar-refractivity contribution in [2.45, 2.75) is 6.42 Å². The van der Waals surface area contributed by atoms with Crippen molar-refractivity contribution in [3.63, 3.8) is 0 Å². The average Bonchev–Trinajstić information content (AvgIpc) is 2.57. The van der Waals surface area contributed by atoms with Crippen LogP contribution in [0.5, 0.6) is 5.75 Å². The van der Waals surface area contributed by atoms with Gasteiger partial charge in [-0.3, -0.25) is 0 Å². The van der Waals surface area contributed by atoms with Crippen LogP contribution in [0.2, 0.25) is 0 Å². The molecule has 0 atom stereocenters. The largest absolute Gasteiger partial charge is 0.506 e. The number of hydrogen-bond acceptors (Lipinski definition) is 3. The molecular weight excluding hydrogens is 170 g/mol. The van der Waals surface area contributed by atoms with Crippen molar-refractivity contribution in [1.29, 1.82) is 0 Å². The molecule has 2 rings (SSSR count). The lowest BCUT2D eigenvalue weighted by Crippen LogP contribution is -2.08. The van der Waals surface area contributed by atoms with Crippen LogP contribution in [0.25, 0.3) is 0 Å².